The average Bonchev–Trinajstić information content (AvgIpc) is 3.12. The Balaban J connectivity index is 1.35. The van der Waals surface area contributed by atoms with Crippen molar-refractivity contribution in [1.82, 2.24) is 15.5 Å². The Morgan fingerprint density at radius 1 is 1.07 bits per heavy atom. The van der Waals surface area contributed by atoms with Crippen molar-refractivity contribution in [2.24, 2.45) is 5.92 Å². The quantitative estimate of drug-likeness (QED) is 0.661. The zero-order valence-electron chi connectivity index (χ0n) is 17.1. The van der Waals surface area contributed by atoms with E-state index in [2.05, 4.69) is 10.6 Å². The fraction of sp³-hybridized carbons (Fsp3) is 0.545. The van der Waals surface area contributed by atoms with Gasteiger partial charge in [-0.05, 0) is 24.8 Å². The Bertz CT molecular complexity index is 761. The van der Waals surface area contributed by atoms with Gasteiger partial charge in [-0.2, -0.15) is 0 Å². The predicted octanol–water partition coefficient (Wildman–Crippen LogP) is 1.78. The number of hydrogen-bond donors (Lipinski definition) is 2. The number of urea groups is 1. The first-order valence-corrected chi connectivity index (χ1v) is 10.6. The van der Waals surface area contributed by atoms with E-state index in [0.717, 1.165) is 31.2 Å². The molecule has 0 bridgehead atoms. The maximum absolute atomic E-state index is 12.2. The summed E-state index contributed by atoms with van der Waals surface area (Å²) >= 11 is 0. The van der Waals surface area contributed by atoms with E-state index in [1.807, 2.05) is 30.3 Å². The second kappa shape index (κ2) is 10.8. The van der Waals surface area contributed by atoms with E-state index in [9.17, 15) is 19.2 Å². The van der Waals surface area contributed by atoms with E-state index < -0.39 is 30.4 Å². The lowest BCUT2D eigenvalue weighted by Gasteiger charge is -2.22. The van der Waals surface area contributed by atoms with Gasteiger partial charge in [-0.3, -0.25) is 19.7 Å². The average molecular weight is 415 g/mol. The van der Waals surface area contributed by atoms with Gasteiger partial charge < -0.3 is 15.0 Å². The second-order valence-electron chi connectivity index (χ2n) is 7.94. The number of ether oxygens (including phenoxy) is 1. The second-order valence-corrected chi connectivity index (χ2v) is 7.94. The minimum Gasteiger partial charge on any atom is -0.455 e. The molecule has 4 amide bonds. The van der Waals surface area contributed by atoms with Crippen molar-refractivity contribution >= 4 is 23.8 Å². The number of hydrogen-bond acceptors (Lipinski definition) is 5. The zero-order chi connectivity index (χ0) is 21.3. The van der Waals surface area contributed by atoms with Gasteiger partial charge in [-0.1, -0.05) is 49.6 Å². The zero-order valence-corrected chi connectivity index (χ0v) is 17.1. The number of nitrogens with zero attached hydrogens (tertiary/aromatic N) is 1. The Labute approximate surface area is 176 Å². The van der Waals surface area contributed by atoms with Crippen LogP contribution in [0.2, 0.25) is 0 Å². The molecule has 1 saturated heterocycles. The minimum absolute atomic E-state index is 0.0808. The van der Waals surface area contributed by atoms with Crippen LogP contribution in [0.1, 0.15) is 44.1 Å². The van der Waals surface area contributed by atoms with Crippen molar-refractivity contribution in [3.63, 3.8) is 0 Å². The SMILES string of the molecule is O=C(COC(=O)[C@@H]1CC(=O)N(CCc2ccccc2)C1)NC(=O)NC1CCCCC1. The Morgan fingerprint density at radius 3 is 2.53 bits per heavy atom. The van der Waals surface area contributed by atoms with Crippen LogP contribution in [0.25, 0.3) is 0 Å². The number of likely N-dealkylation sites (tertiary alicyclic amines) is 1. The summed E-state index contributed by atoms with van der Waals surface area (Å²) in [5.41, 5.74) is 1.12. The van der Waals surface area contributed by atoms with Crippen LogP contribution in [0.4, 0.5) is 4.79 Å². The van der Waals surface area contributed by atoms with Crippen molar-refractivity contribution < 1.29 is 23.9 Å². The van der Waals surface area contributed by atoms with E-state index in [4.69, 9.17) is 4.74 Å². The summed E-state index contributed by atoms with van der Waals surface area (Å²) in [7, 11) is 0. The molecule has 0 radical (unpaired) electrons. The molecule has 8 heteroatoms. The van der Waals surface area contributed by atoms with Crippen LogP contribution < -0.4 is 10.6 Å². The molecule has 1 heterocycles. The lowest BCUT2D eigenvalue weighted by molar-refractivity contribution is -0.152. The van der Waals surface area contributed by atoms with E-state index in [0.29, 0.717) is 13.0 Å². The third kappa shape index (κ3) is 6.57. The molecule has 0 unspecified atom stereocenters. The normalized spacial score (nSPS) is 19.4. The van der Waals surface area contributed by atoms with Crippen molar-refractivity contribution in [3.05, 3.63) is 35.9 Å². The van der Waals surface area contributed by atoms with Gasteiger partial charge in [0.1, 0.15) is 0 Å². The number of nitrogens with one attached hydrogen (secondary N) is 2. The molecule has 1 aromatic rings. The topological polar surface area (TPSA) is 105 Å². The molecular weight excluding hydrogens is 386 g/mol. The summed E-state index contributed by atoms with van der Waals surface area (Å²) in [5.74, 6) is -1.95. The first-order valence-electron chi connectivity index (χ1n) is 10.6. The Hall–Kier alpha value is -2.90. The monoisotopic (exact) mass is 415 g/mol. The molecule has 162 valence electrons. The van der Waals surface area contributed by atoms with Gasteiger partial charge in [0.25, 0.3) is 5.91 Å². The van der Waals surface area contributed by atoms with E-state index in [-0.39, 0.29) is 24.9 Å². The fourth-order valence-electron chi connectivity index (χ4n) is 3.94. The lowest BCUT2D eigenvalue weighted by Crippen LogP contribution is -2.46. The Kier molecular flexibility index (Phi) is 7.82. The third-order valence-corrected chi connectivity index (χ3v) is 5.60. The highest BCUT2D eigenvalue weighted by Crippen LogP contribution is 2.20. The molecule has 1 aliphatic heterocycles. The smallest absolute Gasteiger partial charge is 0.321 e. The molecular formula is C22H29N3O5. The van der Waals surface area contributed by atoms with Crippen molar-refractivity contribution in [3.8, 4) is 0 Å². The molecule has 8 nitrogen and oxygen atoms in total. The number of imide groups is 1. The highest BCUT2D eigenvalue weighted by Gasteiger charge is 2.35. The minimum atomic E-state index is -0.679. The van der Waals surface area contributed by atoms with Gasteiger partial charge in [0.05, 0.1) is 5.92 Å². The van der Waals surface area contributed by atoms with Gasteiger partial charge in [0.2, 0.25) is 5.91 Å². The summed E-state index contributed by atoms with van der Waals surface area (Å²) in [6.07, 6.45) is 5.92. The number of amides is 4. The molecule has 30 heavy (non-hydrogen) atoms. The summed E-state index contributed by atoms with van der Waals surface area (Å²) in [5, 5.41) is 4.95. The van der Waals surface area contributed by atoms with Gasteiger partial charge in [0.15, 0.2) is 6.61 Å². The van der Waals surface area contributed by atoms with E-state index >= 15 is 0 Å². The van der Waals surface area contributed by atoms with Crippen LogP contribution in [0.15, 0.2) is 30.3 Å². The number of rotatable bonds is 7. The van der Waals surface area contributed by atoms with Crippen LogP contribution in [0.5, 0.6) is 0 Å². The molecule has 2 N–H and O–H groups in total. The van der Waals surface area contributed by atoms with Crippen LogP contribution >= 0.6 is 0 Å². The van der Waals surface area contributed by atoms with Crippen molar-refractivity contribution in [1.29, 1.82) is 0 Å². The van der Waals surface area contributed by atoms with Gasteiger partial charge in [0, 0.05) is 25.6 Å². The highest BCUT2D eigenvalue weighted by atomic mass is 16.5. The van der Waals surface area contributed by atoms with Crippen molar-refractivity contribution in [2.75, 3.05) is 19.7 Å². The molecule has 0 spiro atoms. The van der Waals surface area contributed by atoms with Crippen LogP contribution in [-0.4, -0.2) is 54.5 Å². The van der Waals surface area contributed by atoms with E-state index in [1.165, 1.54) is 6.42 Å². The van der Waals surface area contributed by atoms with Crippen molar-refractivity contribution in [2.45, 2.75) is 51.0 Å². The lowest BCUT2D eigenvalue weighted by atomic mass is 9.96. The molecule has 0 aromatic heterocycles. The van der Waals surface area contributed by atoms with Gasteiger partial charge in [-0.25, -0.2) is 4.79 Å². The first-order chi connectivity index (χ1) is 14.5. The molecule has 2 aliphatic rings. The molecule has 2 fully saturated rings. The van der Waals surface area contributed by atoms with Crippen LogP contribution in [0.3, 0.4) is 0 Å². The van der Waals surface area contributed by atoms with Crippen LogP contribution in [-0.2, 0) is 25.5 Å². The maximum atomic E-state index is 12.2. The molecule has 1 aromatic carbocycles. The molecule has 1 atom stereocenters. The van der Waals surface area contributed by atoms with Gasteiger partial charge in [-0.15, -0.1) is 0 Å². The summed E-state index contributed by atoms with van der Waals surface area (Å²) in [6.45, 7) is 0.286. The molecule has 1 saturated carbocycles. The Morgan fingerprint density at radius 2 is 1.80 bits per heavy atom. The number of benzene rings is 1. The fourth-order valence-corrected chi connectivity index (χ4v) is 3.94. The summed E-state index contributed by atoms with van der Waals surface area (Å²) < 4.78 is 5.03. The highest BCUT2D eigenvalue weighted by molar-refractivity contribution is 5.96. The largest absolute Gasteiger partial charge is 0.455 e. The summed E-state index contributed by atoms with van der Waals surface area (Å²) in [4.78, 5) is 49.8. The van der Waals surface area contributed by atoms with Gasteiger partial charge >= 0.3 is 12.0 Å². The molecule has 3 rings (SSSR count). The first kappa shape index (κ1) is 21.8. The predicted molar refractivity (Wildman–Crippen MR) is 109 cm³/mol. The van der Waals surface area contributed by atoms with E-state index in [1.54, 1.807) is 4.90 Å². The molecule has 1 aliphatic carbocycles. The number of carbonyl (C=O) groups is 4. The summed E-state index contributed by atoms with van der Waals surface area (Å²) in [6, 6.07) is 9.34. The number of esters is 1. The maximum Gasteiger partial charge on any atom is 0.321 e. The number of carbonyl (C=O) groups excluding carboxylic acids is 4. The standard InChI is InChI=1S/C22H29N3O5/c26-19(24-22(29)23-18-9-5-2-6-10-18)15-30-21(28)17-13-20(27)25(14-17)12-11-16-7-3-1-4-8-16/h1,3-4,7-8,17-18H,2,5-6,9-15H2,(H2,23,24,26,29)/t17-/m1/s1. The third-order valence-electron chi connectivity index (χ3n) is 5.60. The van der Waals surface area contributed by atoms with Crippen LogP contribution in [0, 0.1) is 5.92 Å².